The molecular formula is C17H12N6OS2. The van der Waals surface area contributed by atoms with Gasteiger partial charge in [-0.1, -0.05) is 6.07 Å². The average molecular weight is 380 g/mol. The molecule has 5 rings (SSSR count). The fraction of sp³-hybridized carbons (Fsp3) is 0.0588. The van der Waals surface area contributed by atoms with E-state index in [2.05, 4.69) is 30.8 Å². The van der Waals surface area contributed by atoms with Crippen molar-refractivity contribution in [3.05, 3.63) is 41.9 Å². The van der Waals surface area contributed by atoms with Gasteiger partial charge in [-0.15, -0.1) is 23.1 Å². The van der Waals surface area contributed by atoms with Crippen LogP contribution in [0.15, 0.2) is 46.8 Å². The minimum atomic E-state index is 0.0117. The fourth-order valence-electron chi connectivity index (χ4n) is 2.74. The number of benzene rings is 1. The summed E-state index contributed by atoms with van der Waals surface area (Å²) in [5.74, 6) is 1.76. The molecule has 3 N–H and O–H groups in total. The molecule has 0 saturated carbocycles. The second-order valence-corrected chi connectivity index (χ2v) is 7.64. The lowest BCUT2D eigenvalue weighted by molar-refractivity contribution is -0.113. The van der Waals surface area contributed by atoms with Crippen molar-refractivity contribution >= 4 is 57.2 Å². The summed E-state index contributed by atoms with van der Waals surface area (Å²) in [6.07, 6.45) is 1.68. The maximum absolute atomic E-state index is 11.6. The number of H-pyrrole nitrogens is 1. The lowest BCUT2D eigenvalue weighted by atomic mass is 10.2. The van der Waals surface area contributed by atoms with Crippen LogP contribution < -0.4 is 10.6 Å². The predicted molar refractivity (Wildman–Crippen MR) is 104 cm³/mol. The number of nitrogens with zero attached hydrogens (tertiary/aromatic N) is 3. The van der Waals surface area contributed by atoms with Crippen LogP contribution in [0.25, 0.3) is 21.7 Å². The first-order chi connectivity index (χ1) is 12.8. The third-order valence-corrected chi connectivity index (χ3v) is 5.86. The van der Waals surface area contributed by atoms with E-state index >= 15 is 0 Å². The Morgan fingerprint density at radius 2 is 2.15 bits per heavy atom. The number of anilines is 3. The SMILES string of the molecule is O=C1CSc2ccc(Nc3nc(-c4cccs4)nc4cn[nH]c34)cc2N1. The summed E-state index contributed by atoms with van der Waals surface area (Å²) in [4.78, 5) is 22.9. The number of hydrogen-bond donors (Lipinski definition) is 3. The van der Waals surface area contributed by atoms with Crippen molar-refractivity contribution in [3.63, 3.8) is 0 Å². The van der Waals surface area contributed by atoms with Crippen LogP contribution >= 0.6 is 23.1 Å². The Morgan fingerprint density at radius 3 is 3.04 bits per heavy atom. The standard InChI is InChI=1S/C17H12N6OS2/c24-14-8-26-12-4-3-9(6-10(12)20-14)19-17-15-11(7-18-23-15)21-16(22-17)13-2-1-5-25-13/h1-7H,8H2,(H,18,23)(H,20,24)(H,19,21,22). The molecule has 3 aromatic heterocycles. The Kier molecular flexibility index (Phi) is 3.61. The third-order valence-electron chi connectivity index (χ3n) is 3.92. The van der Waals surface area contributed by atoms with Crippen LogP contribution in [0.3, 0.4) is 0 Å². The zero-order valence-corrected chi connectivity index (χ0v) is 14.9. The summed E-state index contributed by atoms with van der Waals surface area (Å²) in [6, 6.07) is 9.83. The van der Waals surface area contributed by atoms with Crippen molar-refractivity contribution in [3.8, 4) is 10.7 Å². The number of aromatic nitrogens is 4. The van der Waals surface area contributed by atoms with E-state index in [0.717, 1.165) is 32.2 Å². The molecule has 4 heterocycles. The number of carbonyl (C=O) groups excluding carboxylic acids is 1. The van der Waals surface area contributed by atoms with Crippen LogP contribution in [0.2, 0.25) is 0 Å². The number of fused-ring (bicyclic) bond motifs is 2. The van der Waals surface area contributed by atoms with E-state index in [1.807, 2.05) is 35.7 Å². The second-order valence-electron chi connectivity index (χ2n) is 5.68. The molecule has 1 aliphatic rings. The predicted octanol–water partition coefficient (Wildman–Crippen LogP) is 3.87. The topological polar surface area (TPSA) is 95.6 Å². The van der Waals surface area contributed by atoms with Crippen LogP contribution in [0, 0.1) is 0 Å². The first kappa shape index (κ1) is 15.4. The van der Waals surface area contributed by atoms with Gasteiger partial charge in [-0.3, -0.25) is 9.89 Å². The van der Waals surface area contributed by atoms with Gasteiger partial charge in [0.05, 0.1) is 22.5 Å². The average Bonchev–Trinajstić information content (AvgIpc) is 3.33. The number of carbonyl (C=O) groups is 1. The lowest BCUT2D eigenvalue weighted by Gasteiger charge is -2.17. The first-order valence-corrected chi connectivity index (χ1v) is 9.71. The second kappa shape index (κ2) is 6.11. The van der Waals surface area contributed by atoms with Gasteiger partial charge >= 0.3 is 0 Å². The quantitative estimate of drug-likeness (QED) is 0.499. The van der Waals surface area contributed by atoms with Crippen molar-refractivity contribution in [2.45, 2.75) is 4.90 Å². The Labute approximate surface area is 156 Å². The lowest BCUT2D eigenvalue weighted by Crippen LogP contribution is -2.18. The normalized spacial score (nSPS) is 13.5. The van der Waals surface area contributed by atoms with E-state index in [1.165, 1.54) is 11.8 Å². The van der Waals surface area contributed by atoms with Crippen LogP contribution in [0.5, 0.6) is 0 Å². The van der Waals surface area contributed by atoms with Crippen LogP contribution in [0.4, 0.5) is 17.2 Å². The molecule has 0 saturated heterocycles. The van der Waals surface area contributed by atoms with Crippen LogP contribution in [-0.4, -0.2) is 31.8 Å². The Morgan fingerprint density at radius 1 is 1.19 bits per heavy atom. The number of hydrogen-bond acceptors (Lipinski definition) is 7. The molecule has 0 spiro atoms. The maximum atomic E-state index is 11.6. The van der Waals surface area contributed by atoms with Gasteiger partial charge in [0, 0.05) is 10.6 Å². The van der Waals surface area contributed by atoms with Gasteiger partial charge < -0.3 is 10.6 Å². The molecule has 26 heavy (non-hydrogen) atoms. The first-order valence-electron chi connectivity index (χ1n) is 7.85. The highest BCUT2D eigenvalue weighted by atomic mass is 32.2. The number of aromatic amines is 1. The van der Waals surface area contributed by atoms with Crippen LogP contribution in [-0.2, 0) is 4.79 Å². The molecule has 4 aromatic rings. The molecule has 1 aliphatic heterocycles. The number of thiophene rings is 1. The molecule has 0 fully saturated rings. The number of rotatable bonds is 3. The molecule has 0 unspecified atom stereocenters. The smallest absolute Gasteiger partial charge is 0.234 e. The fourth-order valence-corrected chi connectivity index (χ4v) is 4.19. The summed E-state index contributed by atoms with van der Waals surface area (Å²) < 4.78 is 0. The summed E-state index contributed by atoms with van der Waals surface area (Å²) in [6.45, 7) is 0. The summed E-state index contributed by atoms with van der Waals surface area (Å²) in [5.41, 5.74) is 3.12. The Balaban J connectivity index is 1.56. The molecule has 0 atom stereocenters. The van der Waals surface area contributed by atoms with Gasteiger partial charge in [0.25, 0.3) is 0 Å². The summed E-state index contributed by atoms with van der Waals surface area (Å²) >= 11 is 3.12. The number of thioether (sulfide) groups is 1. The van der Waals surface area contributed by atoms with E-state index in [4.69, 9.17) is 0 Å². The van der Waals surface area contributed by atoms with Crippen molar-refractivity contribution in [1.82, 2.24) is 20.2 Å². The largest absolute Gasteiger partial charge is 0.338 e. The zero-order valence-electron chi connectivity index (χ0n) is 13.3. The molecule has 1 amide bonds. The molecule has 7 nitrogen and oxygen atoms in total. The molecular weight excluding hydrogens is 368 g/mol. The van der Waals surface area contributed by atoms with E-state index in [0.29, 0.717) is 17.4 Å². The van der Waals surface area contributed by atoms with E-state index < -0.39 is 0 Å². The Hall–Kier alpha value is -2.91. The molecule has 9 heteroatoms. The zero-order chi connectivity index (χ0) is 17.5. The maximum Gasteiger partial charge on any atom is 0.234 e. The number of nitrogens with one attached hydrogen (secondary N) is 3. The van der Waals surface area contributed by atoms with E-state index in [1.54, 1.807) is 17.5 Å². The highest BCUT2D eigenvalue weighted by Gasteiger charge is 2.17. The molecule has 0 aliphatic carbocycles. The molecule has 1 aromatic carbocycles. The van der Waals surface area contributed by atoms with Crippen molar-refractivity contribution in [1.29, 1.82) is 0 Å². The van der Waals surface area contributed by atoms with Crippen molar-refractivity contribution in [2.24, 2.45) is 0 Å². The van der Waals surface area contributed by atoms with Gasteiger partial charge in [0.1, 0.15) is 11.0 Å². The van der Waals surface area contributed by atoms with Crippen molar-refractivity contribution in [2.75, 3.05) is 16.4 Å². The molecule has 128 valence electrons. The van der Waals surface area contributed by atoms with Gasteiger partial charge in [-0.25, -0.2) is 9.97 Å². The third kappa shape index (κ3) is 2.71. The Bertz CT molecular complexity index is 1120. The summed E-state index contributed by atoms with van der Waals surface area (Å²) in [7, 11) is 0. The highest BCUT2D eigenvalue weighted by Crippen LogP contribution is 2.35. The van der Waals surface area contributed by atoms with Crippen molar-refractivity contribution < 1.29 is 4.79 Å². The van der Waals surface area contributed by atoms with E-state index in [9.17, 15) is 4.79 Å². The summed E-state index contributed by atoms with van der Waals surface area (Å²) in [5, 5.41) is 15.2. The number of amides is 1. The molecule has 0 radical (unpaired) electrons. The minimum Gasteiger partial charge on any atom is -0.338 e. The van der Waals surface area contributed by atoms with Gasteiger partial charge in [0.15, 0.2) is 11.6 Å². The van der Waals surface area contributed by atoms with Gasteiger partial charge in [-0.05, 0) is 29.6 Å². The van der Waals surface area contributed by atoms with Gasteiger partial charge in [0.2, 0.25) is 5.91 Å². The van der Waals surface area contributed by atoms with Crippen LogP contribution in [0.1, 0.15) is 0 Å². The monoisotopic (exact) mass is 380 g/mol. The molecule has 0 bridgehead atoms. The minimum absolute atomic E-state index is 0.0117. The highest BCUT2D eigenvalue weighted by molar-refractivity contribution is 8.00. The van der Waals surface area contributed by atoms with Gasteiger partial charge in [-0.2, -0.15) is 5.10 Å². The van der Waals surface area contributed by atoms with E-state index in [-0.39, 0.29) is 5.91 Å².